The molecule has 0 aliphatic rings. The van der Waals surface area contributed by atoms with Crippen molar-refractivity contribution in [3.8, 4) is 11.4 Å². The molecule has 0 saturated carbocycles. The summed E-state index contributed by atoms with van der Waals surface area (Å²) in [5, 5.41) is 0. The van der Waals surface area contributed by atoms with E-state index in [9.17, 15) is 0 Å². The van der Waals surface area contributed by atoms with E-state index in [0.717, 1.165) is 33.4 Å². The van der Waals surface area contributed by atoms with E-state index in [2.05, 4.69) is 103 Å². The van der Waals surface area contributed by atoms with Gasteiger partial charge < -0.3 is 4.98 Å². The molecule has 2 aromatic heterocycles. The summed E-state index contributed by atoms with van der Waals surface area (Å²) < 4.78 is 4.48. The number of nitrogens with one attached hydrogen (secondary N) is 1. The number of imidazole rings is 1. The topological polar surface area (TPSA) is 32.6 Å². The van der Waals surface area contributed by atoms with E-state index in [1.807, 2.05) is 12.1 Å². The molecule has 4 rings (SSSR count). The lowest BCUT2D eigenvalue weighted by Gasteiger charge is -1.98. The Hall–Kier alpha value is -1.73. The highest BCUT2D eigenvalue weighted by Gasteiger charge is 2.10. The van der Waals surface area contributed by atoms with E-state index in [1.54, 1.807) is 0 Å². The van der Waals surface area contributed by atoms with Crippen LogP contribution in [-0.4, -0.2) is 9.97 Å². The number of rotatable bonds is 3. The summed E-state index contributed by atoms with van der Waals surface area (Å²) in [6.07, 6.45) is 4.19. The number of fused-ring (bicyclic) bond motifs is 1. The second kappa shape index (κ2) is 6.64. The van der Waals surface area contributed by atoms with Gasteiger partial charge in [0.2, 0.25) is 0 Å². The molecular weight excluding hydrogens is 477 g/mol. The van der Waals surface area contributed by atoms with Gasteiger partial charge in [-0.25, -0.2) is 4.98 Å². The molecule has 0 saturated heterocycles. The Morgan fingerprint density at radius 1 is 1.08 bits per heavy atom. The summed E-state index contributed by atoms with van der Waals surface area (Å²) >= 11 is 5.84. The molecule has 0 atom stereocenters. The molecule has 0 aliphatic heterocycles. The maximum Gasteiger partial charge on any atom is 0.195 e. The second-order valence-electron chi connectivity index (χ2n) is 5.64. The molecule has 1 N–H and O–H groups in total. The first kappa shape index (κ1) is 15.8. The Bertz CT molecular complexity index is 1010. The van der Waals surface area contributed by atoms with Crippen LogP contribution in [0.3, 0.4) is 0 Å². The van der Waals surface area contributed by atoms with E-state index in [-0.39, 0.29) is 0 Å². The molecule has 118 valence electrons. The molecule has 2 aromatic carbocycles. The third kappa shape index (κ3) is 3.37. The van der Waals surface area contributed by atoms with E-state index in [4.69, 9.17) is 4.98 Å². The molecule has 0 aliphatic carbocycles. The summed E-state index contributed by atoms with van der Waals surface area (Å²) in [5.74, 6) is 0.887. The van der Waals surface area contributed by atoms with Crippen LogP contribution in [0.2, 0.25) is 0 Å². The van der Waals surface area contributed by atoms with Crippen LogP contribution in [-0.2, 0) is 6.54 Å². The molecule has 0 spiro atoms. The highest BCUT2D eigenvalue weighted by atomic mass is 127. The number of hydrogen-bond donors (Lipinski definition) is 1. The predicted octanol–water partition coefficient (Wildman–Crippen LogP) is 4.93. The lowest BCUT2D eigenvalue weighted by molar-refractivity contribution is -0.687. The average molecular weight is 491 g/mol. The van der Waals surface area contributed by atoms with Gasteiger partial charge in [0.05, 0.1) is 0 Å². The fraction of sp³-hybridized carbons (Fsp3) is 0.0526. The summed E-state index contributed by atoms with van der Waals surface area (Å²) in [5.41, 5.74) is 4.37. The van der Waals surface area contributed by atoms with Crippen molar-refractivity contribution in [2.45, 2.75) is 6.54 Å². The molecule has 0 fully saturated rings. The molecule has 0 unspecified atom stereocenters. The van der Waals surface area contributed by atoms with Crippen LogP contribution < -0.4 is 4.57 Å². The number of benzene rings is 2. The summed E-state index contributed by atoms with van der Waals surface area (Å²) in [6, 6.07) is 18.8. The van der Waals surface area contributed by atoms with Crippen molar-refractivity contribution >= 4 is 49.6 Å². The quantitative estimate of drug-likeness (QED) is 0.320. The lowest BCUT2D eigenvalue weighted by atomic mass is 10.2. The third-order valence-corrected chi connectivity index (χ3v) is 5.07. The minimum atomic E-state index is 0.845. The monoisotopic (exact) mass is 490 g/mol. The van der Waals surface area contributed by atoms with E-state index >= 15 is 0 Å². The molecule has 4 aromatic rings. The lowest BCUT2D eigenvalue weighted by Crippen LogP contribution is -2.33. The third-order valence-electron chi connectivity index (χ3n) is 3.86. The van der Waals surface area contributed by atoms with Crippen molar-refractivity contribution < 1.29 is 4.57 Å². The van der Waals surface area contributed by atoms with Crippen molar-refractivity contribution in [1.82, 2.24) is 9.97 Å². The van der Waals surface area contributed by atoms with Crippen LogP contribution in [0.5, 0.6) is 0 Å². The Balaban J connectivity index is 1.67. The number of aromatic amines is 1. The number of pyridine rings is 1. The van der Waals surface area contributed by atoms with Crippen LogP contribution in [0, 0.1) is 3.57 Å². The first-order chi connectivity index (χ1) is 11.7. The smallest absolute Gasteiger partial charge is 0.195 e. The predicted molar refractivity (Wildman–Crippen MR) is 108 cm³/mol. The molecule has 2 heterocycles. The van der Waals surface area contributed by atoms with Crippen LogP contribution in [0.15, 0.2) is 71.5 Å². The van der Waals surface area contributed by atoms with Gasteiger partial charge in [0.15, 0.2) is 18.9 Å². The highest BCUT2D eigenvalue weighted by molar-refractivity contribution is 14.1. The van der Waals surface area contributed by atoms with Crippen LogP contribution >= 0.6 is 38.5 Å². The zero-order valence-corrected chi connectivity index (χ0v) is 16.5. The Labute approximate surface area is 162 Å². The normalized spacial score (nSPS) is 11.1. The number of H-pyrrole nitrogens is 1. The molecule has 5 heteroatoms. The van der Waals surface area contributed by atoms with Crippen LogP contribution in [0.4, 0.5) is 0 Å². The molecule has 24 heavy (non-hydrogen) atoms. The fourth-order valence-corrected chi connectivity index (χ4v) is 3.43. The Kier molecular flexibility index (Phi) is 4.37. The van der Waals surface area contributed by atoms with Crippen molar-refractivity contribution in [1.29, 1.82) is 0 Å². The highest BCUT2D eigenvalue weighted by Crippen LogP contribution is 2.22. The largest absolute Gasteiger partial charge is 0.333 e. The van der Waals surface area contributed by atoms with E-state index in [0.29, 0.717) is 0 Å². The average Bonchev–Trinajstić information content (AvgIpc) is 3.00. The van der Waals surface area contributed by atoms with E-state index in [1.165, 1.54) is 9.13 Å². The number of halogens is 2. The molecule has 0 bridgehead atoms. The standard InChI is InChI=1S/C19H13BrIN3/c20-15-3-1-2-14(10-15)19-22-17-8-9-24(12-18(17)23-19)11-13-4-6-16(21)7-5-13/h1-10,12H,11H2/p+1. The van der Waals surface area contributed by atoms with Crippen molar-refractivity contribution in [3.05, 3.63) is 80.6 Å². The molecule has 3 nitrogen and oxygen atoms in total. The summed E-state index contributed by atoms with van der Waals surface area (Å²) in [7, 11) is 0. The van der Waals surface area contributed by atoms with Crippen molar-refractivity contribution in [2.75, 3.05) is 0 Å². The fourth-order valence-electron chi connectivity index (χ4n) is 2.67. The number of hydrogen-bond acceptors (Lipinski definition) is 1. The zero-order chi connectivity index (χ0) is 16.5. The van der Waals surface area contributed by atoms with Crippen LogP contribution in [0.25, 0.3) is 22.4 Å². The first-order valence-corrected chi connectivity index (χ1v) is 9.44. The van der Waals surface area contributed by atoms with Gasteiger partial charge in [-0.2, -0.15) is 4.57 Å². The van der Waals surface area contributed by atoms with Gasteiger partial charge in [-0.3, -0.25) is 0 Å². The van der Waals surface area contributed by atoms with Gasteiger partial charge in [0.1, 0.15) is 16.9 Å². The van der Waals surface area contributed by atoms with Gasteiger partial charge in [0.25, 0.3) is 0 Å². The minimum absolute atomic E-state index is 0.845. The molecule has 0 amide bonds. The van der Waals surface area contributed by atoms with Gasteiger partial charge in [0, 0.05) is 25.2 Å². The first-order valence-electron chi connectivity index (χ1n) is 7.56. The minimum Gasteiger partial charge on any atom is -0.333 e. The van der Waals surface area contributed by atoms with Crippen molar-refractivity contribution in [3.63, 3.8) is 0 Å². The number of nitrogens with zero attached hydrogens (tertiary/aromatic N) is 2. The zero-order valence-electron chi connectivity index (χ0n) is 12.7. The van der Waals surface area contributed by atoms with Gasteiger partial charge in [-0.1, -0.05) is 40.2 Å². The second-order valence-corrected chi connectivity index (χ2v) is 7.80. The van der Waals surface area contributed by atoms with Gasteiger partial charge in [-0.15, -0.1) is 0 Å². The Morgan fingerprint density at radius 3 is 2.71 bits per heavy atom. The molecule has 0 radical (unpaired) electrons. The van der Waals surface area contributed by atoms with Gasteiger partial charge in [-0.05, 0) is 46.9 Å². The SMILES string of the molecule is Brc1cccc(-c2nc3cc[n+](Cc4ccc(I)cc4)cc3[nH]2)c1. The summed E-state index contributed by atoms with van der Waals surface area (Å²) in [4.78, 5) is 8.11. The van der Waals surface area contributed by atoms with Crippen LogP contribution in [0.1, 0.15) is 5.56 Å². The maximum atomic E-state index is 4.69. The van der Waals surface area contributed by atoms with Gasteiger partial charge >= 0.3 is 0 Å². The Morgan fingerprint density at radius 2 is 1.92 bits per heavy atom. The maximum absolute atomic E-state index is 4.69. The number of aromatic nitrogens is 3. The molecular formula is C19H14BrIN3+. The van der Waals surface area contributed by atoms with Crippen molar-refractivity contribution in [2.24, 2.45) is 0 Å². The summed E-state index contributed by atoms with van der Waals surface area (Å²) in [6.45, 7) is 0.845. The van der Waals surface area contributed by atoms with E-state index < -0.39 is 0 Å².